The largest absolute Gasteiger partial charge is 0.460 e. The average Bonchev–Trinajstić information content (AvgIpc) is 2.69. The van der Waals surface area contributed by atoms with Gasteiger partial charge in [-0.2, -0.15) is 0 Å². The lowest BCUT2D eigenvalue weighted by molar-refractivity contribution is -0.143. The third-order valence-corrected chi connectivity index (χ3v) is 5.49. The molecule has 1 aromatic carbocycles. The smallest absolute Gasteiger partial charge is 0.337 e. The summed E-state index contributed by atoms with van der Waals surface area (Å²) in [6, 6.07) is 7.90. The van der Waals surface area contributed by atoms with Gasteiger partial charge in [-0.3, -0.25) is 13.9 Å². The van der Waals surface area contributed by atoms with E-state index in [0.717, 1.165) is 15.7 Å². The minimum absolute atomic E-state index is 0.300. The van der Waals surface area contributed by atoms with Crippen LogP contribution in [0.2, 0.25) is 0 Å². The minimum atomic E-state index is -0.640. The number of anilines is 1. The summed E-state index contributed by atoms with van der Waals surface area (Å²) in [5.74, 6) is -0.357. The fourth-order valence-corrected chi connectivity index (χ4v) is 3.84. The molecule has 0 bridgehead atoms. The molecular formula is C23H29N3O4. The maximum absolute atomic E-state index is 13.2. The van der Waals surface area contributed by atoms with Crippen molar-refractivity contribution < 1.29 is 9.53 Å². The second-order valence-corrected chi connectivity index (χ2v) is 8.34. The van der Waals surface area contributed by atoms with Crippen LogP contribution in [-0.4, -0.2) is 21.2 Å². The van der Waals surface area contributed by atoms with Gasteiger partial charge in [0.2, 0.25) is 0 Å². The van der Waals surface area contributed by atoms with Crippen LogP contribution >= 0.6 is 0 Å². The lowest BCUT2D eigenvalue weighted by Gasteiger charge is -2.31. The number of hydrogen-bond donors (Lipinski definition) is 1. The lowest BCUT2D eigenvalue weighted by Crippen LogP contribution is -2.43. The first kappa shape index (κ1) is 21.6. The summed E-state index contributed by atoms with van der Waals surface area (Å²) >= 11 is 0. The van der Waals surface area contributed by atoms with E-state index in [1.807, 2.05) is 24.3 Å². The first-order chi connectivity index (χ1) is 14.0. The van der Waals surface area contributed by atoms with Gasteiger partial charge in [0.1, 0.15) is 5.82 Å². The molecule has 7 nitrogen and oxygen atoms in total. The monoisotopic (exact) mass is 411 g/mol. The average molecular weight is 412 g/mol. The molecule has 1 N–H and O–H groups in total. The molecule has 1 aliphatic heterocycles. The van der Waals surface area contributed by atoms with Crippen LogP contribution in [0.15, 0.2) is 45.1 Å². The van der Waals surface area contributed by atoms with E-state index in [0.29, 0.717) is 28.6 Å². The van der Waals surface area contributed by atoms with E-state index in [9.17, 15) is 14.4 Å². The second kappa shape index (κ2) is 7.97. The summed E-state index contributed by atoms with van der Waals surface area (Å²) in [5.41, 5.74) is 2.40. The third-order valence-electron chi connectivity index (χ3n) is 5.49. The van der Waals surface area contributed by atoms with Crippen LogP contribution in [0.1, 0.15) is 63.1 Å². The predicted molar refractivity (Wildman–Crippen MR) is 117 cm³/mol. The van der Waals surface area contributed by atoms with Crippen molar-refractivity contribution in [2.75, 3.05) is 5.32 Å². The Labute approximate surface area is 176 Å². The van der Waals surface area contributed by atoms with Crippen LogP contribution in [0.5, 0.6) is 0 Å². The SMILES string of the molecule is CC1=C(C(=O)OC(C)C)C(c2ccc(C(C)C)cc2)c2c(n(C)c(=O)n(C)c2=O)N1. The van der Waals surface area contributed by atoms with Crippen LogP contribution in [-0.2, 0) is 23.6 Å². The summed E-state index contributed by atoms with van der Waals surface area (Å²) in [6.45, 7) is 9.54. The molecular weight excluding hydrogens is 382 g/mol. The number of carbonyl (C=O) groups excluding carboxylic acids is 1. The Hall–Kier alpha value is -3.09. The van der Waals surface area contributed by atoms with Crippen molar-refractivity contribution in [3.63, 3.8) is 0 Å². The van der Waals surface area contributed by atoms with E-state index in [4.69, 9.17) is 4.74 Å². The number of aromatic nitrogens is 2. The van der Waals surface area contributed by atoms with Crippen LogP contribution in [0.3, 0.4) is 0 Å². The Balaban J connectivity index is 2.31. The van der Waals surface area contributed by atoms with Gasteiger partial charge in [-0.15, -0.1) is 0 Å². The Kier molecular flexibility index (Phi) is 5.74. The van der Waals surface area contributed by atoms with E-state index < -0.39 is 23.1 Å². The highest BCUT2D eigenvalue weighted by atomic mass is 16.5. The maximum atomic E-state index is 13.2. The standard InChI is InChI=1S/C23H29N3O4/c1-12(2)15-8-10-16(11-9-15)18-17(22(28)30-13(3)4)14(5)24-20-19(18)21(27)26(7)23(29)25(20)6/h8-13,18,24H,1-7H3. The quantitative estimate of drug-likeness (QED) is 0.782. The van der Waals surface area contributed by atoms with E-state index in [1.165, 1.54) is 11.6 Å². The number of rotatable bonds is 4. The maximum Gasteiger partial charge on any atom is 0.337 e. The van der Waals surface area contributed by atoms with Crippen molar-refractivity contribution >= 4 is 11.8 Å². The Bertz CT molecular complexity index is 1130. The van der Waals surface area contributed by atoms with Gasteiger partial charge in [-0.25, -0.2) is 9.59 Å². The molecule has 7 heteroatoms. The number of ether oxygens (including phenoxy) is 1. The van der Waals surface area contributed by atoms with Crippen molar-refractivity contribution in [2.45, 2.75) is 52.6 Å². The van der Waals surface area contributed by atoms with Gasteiger partial charge in [0, 0.05) is 19.8 Å². The van der Waals surface area contributed by atoms with Crippen LogP contribution in [0.4, 0.5) is 5.82 Å². The molecule has 3 rings (SSSR count). The van der Waals surface area contributed by atoms with Gasteiger partial charge in [0.25, 0.3) is 5.56 Å². The first-order valence-corrected chi connectivity index (χ1v) is 10.1. The summed E-state index contributed by atoms with van der Waals surface area (Å²) in [6.07, 6.45) is -0.300. The Morgan fingerprint density at radius 3 is 2.17 bits per heavy atom. The minimum Gasteiger partial charge on any atom is -0.460 e. The Morgan fingerprint density at radius 2 is 1.63 bits per heavy atom. The number of esters is 1. The molecule has 0 spiro atoms. The molecule has 1 unspecified atom stereocenters. The molecule has 1 atom stereocenters. The van der Waals surface area contributed by atoms with Gasteiger partial charge in [-0.1, -0.05) is 38.1 Å². The highest BCUT2D eigenvalue weighted by molar-refractivity contribution is 5.94. The van der Waals surface area contributed by atoms with E-state index in [-0.39, 0.29) is 6.10 Å². The molecule has 0 saturated carbocycles. The number of carbonyl (C=O) groups is 1. The fraction of sp³-hybridized carbons (Fsp3) is 0.435. The zero-order valence-corrected chi connectivity index (χ0v) is 18.6. The van der Waals surface area contributed by atoms with Crippen molar-refractivity contribution in [2.24, 2.45) is 14.1 Å². The number of benzene rings is 1. The van der Waals surface area contributed by atoms with Gasteiger partial charge in [0.15, 0.2) is 0 Å². The molecule has 2 heterocycles. The van der Waals surface area contributed by atoms with Crippen molar-refractivity contribution in [1.29, 1.82) is 0 Å². The van der Waals surface area contributed by atoms with Crippen molar-refractivity contribution in [3.05, 3.63) is 73.1 Å². The number of allylic oxidation sites excluding steroid dienone is 1. The van der Waals surface area contributed by atoms with Crippen molar-refractivity contribution in [3.8, 4) is 0 Å². The summed E-state index contributed by atoms with van der Waals surface area (Å²) < 4.78 is 7.97. The van der Waals surface area contributed by atoms with Crippen LogP contribution in [0, 0.1) is 0 Å². The van der Waals surface area contributed by atoms with E-state index in [1.54, 1.807) is 27.8 Å². The third kappa shape index (κ3) is 3.60. The molecule has 0 radical (unpaired) electrons. The molecule has 0 aliphatic carbocycles. The van der Waals surface area contributed by atoms with Gasteiger partial charge < -0.3 is 10.1 Å². The number of hydrogen-bond acceptors (Lipinski definition) is 5. The molecule has 0 saturated heterocycles. The summed E-state index contributed by atoms with van der Waals surface area (Å²) in [5, 5.41) is 3.10. The lowest BCUT2D eigenvalue weighted by atomic mass is 9.81. The molecule has 2 aromatic rings. The molecule has 0 amide bonds. The van der Waals surface area contributed by atoms with Gasteiger partial charge >= 0.3 is 11.7 Å². The van der Waals surface area contributed by atoms with Crippen molar-refractivity contribution in [1.82, 2.24) is 9.13 Å². The zero-order valence-electron chi connectivity index (χ0n) is 18.6. The van der Waals surface area contributed by atoms with E-state index >= 15 is 0 Å². The highest BCUT2D eigenvalue weighted by Gasteiger charge is 2.37. The Morgan fingerprint density at radius 1 is 1.03 bits per heavy atom. The first-order valence-electron chi connectivity index (χ1n) is 10.1. The molecule has 1 aromatic heterocycles. The second-order valence-electron chi connectivity index (χ2n) is 8.34. The van der Waals surface area contributed by atoms with Gasteiger partial charge in [-0.05, 0) is 37.8 Å². The highest BCUT2D eigenvalue weighted by Crippen LogP contribution is 2.40. The molecule has 0 fully saturated rings. The fourth-order valence-electron chi connectivity index (χ4n) is 3.84. The molecule has 30 heavy (non-hydrogen) atoms. The topological polar surface area (TPSA) is 82.3 Å². The zero-order chi connectivity index (χ0) is 22.3. The van der Waals surface area contributed by atoms with Gasteiger partial charge in [0.05, 0.1) is 23.2 Å². The predicted octanol–water partition coefficient (Wildman–Crippen LogP) is 2.99. The number of nitrogens with zero attached hydrogens (tertiary/aromatic N) is 2. The number of fused-ring (bicyclic) bond motifs is 1. The van der Waals surface area contributed by atoms with Crippen LogP contribution < -0.4 is 16.6 Å². The summed E-state index contributed by atoms with van der Waals surface area (Å²) in [4.78, 5) is 38.7. The van der Waals surface area contributed by atoms with E-state index in [2.05, 4.69) is 19.2 Å². The normalized spacial score (nSPS) is 16.0. The molecule has 160 valence electrons. The summed E-state index contributed by atoms with van der Waals surface area (Å²) in [7, 11) is 3.05. The number of nitrogens with one attached hydrogen (secondary N) is 1. The molecule has 1 aliphatic rings. The van der Waals surface area contributed by atoms with Crippen LogP contribution in [0.25, 0.3) is 0 Å².